The first-order valence-electron chi connectivity index (χ1n) is 7.03. The number of aliphatic hydroxyl groups excluding tert-OH is 1. The van der Waals surface area contributed by atoms with Crippen LogP contribution in [-0.4, -0.2) is 41.4 Å². The quantitative estimate of drug-likeness (QED) is 0.778. The molecule has 0 bridgehead atoms. The first-order chi connectivity index (χ1) is 9.99. The van der Waals surface area contributed by atoms with Crippen molar-refractivity contribution in [2.24, 2.45) is 5.92 Å². The second-order valence-corrected chi connectivity index (χ2v) is 5.42. The van der Waals surface area contributed by atoms with Crippen molar-refractivity contribution >= 4 is 17.7 Å². The maximum absolute atomic E-state index is 12.2. The number of nitrogens with zero attached hydrogens (tertiary/aromatic N) is 1. The van der Waals surface area contributed by atoms with E-state index < -0.39 is 12.1 Å². The molecule has 6 heteroatoms. The lowest BCUT2D eigenvalue weighted by molar-refractivity contribution is -0.146. The molecule has 1 aromatic rings. The highest BCUT2D eigenvalue weighted by Gasteiger charge is 2.26. The third-order valence-electron chi connectivity index (χ3n) is 3.57. The maximum Gasteiger partial charge on any atom is 0.332 e. The number of urea groups is 1. The lowest BCUT2D eigenvalue weighted by Gasteiger charge is -2.33. The van der Waals surface area contributed by atoms with Crippen molar-refractivity contribution < 1.29 is 19.8 Å². The van der Waals surface area contributed by atoms with E-state index in [-0.39, 0.29) is 19.0 Å². The van der Waals surface area contributed by atoms with E-state index >= 15 is 0 Å². The summed E-state index contributed by atoms with van der Waals surface area (Å²) in [5.41, 5.74) is 2.03. The average Bonchev–Trinajstić information content (AvgIpc) is 2.45. The minimum absolute atomic E-state index is 0.00782. The Morgan fingerprint density at radius 2 is 2.14 bits per heavy atom. The number of nitrogens with one attached hydrogen (secondary N) is 1. The fourth-order valence-corrected chi connectivity index (χ4v) is 2.52. The zero-order chi connectivity index (χ0) is 15.4. The summed E-state index contributed by atoms with van der Waals surface area (Å²) in [6.07, 6.45) is -0.512. The van der Waals surface area contributed by atoms with E-state index in [1.54, 1.807) is 4.90 Å². The summed E-state index contributed by atoms with van der Waals surface area (Å²) in [4.78, 5) is 24.4. The van der Waals surface area contributed by atoms with E-state index in [0.717, 1.165) is 17.7 Å². The Bertz CT molecular complexity index is 532. The van der Waals surface area contributed by atoms with Gasteiger partial charge in [-0.25, -0.2) is 9.59 Å². The number of anilines is 1. The van der Waals surface area contributed by atoms with Crippen molar-refractivity contribution in [3.63, 3.8) is 0 Å². The van der Waals surface area contributed by atoms with E-state index in [1.165, 1.54) is 0 Å². The largest absolute Gasteiger partial charge is 0.479 e. The van der Waals surface area contributed by atoms with Gasteiger partial charge in [0.05, 0.1) is 0 Å². The number of carbonyl (C=O) groups is 2. The van der Waals surface area contributed by atoms with Crippen molar-refractivity contribution in [1.29, 1.82) is 0 Å². The number of amides is 2. The summed E-state index contributed by atoms with van der Waals surface area (Å²) in [6.45, 7) is 2.84. The Balaban J connectivity index is 1.98. The molecule has 3 N–H and O–H groups in total. The van der Waals surface area contributed by atoms with Crippen LogP contribution in [-0.2, 0) is 11.2 Å². The van der Waals surface area contributed by atoms with E-state index in [9.17, 15) is 14.7 Å². The van der Waals surface area contributed by atoms with E-state index in [2.05, 4.69) is 12.2 Å². The molecule has 0 spiro atoms. The molecule has 0 saturated carbocycles. The number of carboxylic acid groups (broad SMARTS) is 1. The van der Waals surface area contributed by atoms with Gasteiger partial charge in [0.25, 0.3) is 0 Å². The molecule has 0 fully saturated rings. The number of aliphatic hydroxyl groups is 1. The van der Waals surface area contributed by atoms with Gasteiger partial charge in [0.15, 0.2) is 6.10 Å². The highest BCUT2D eigenvalue weighted by molar-refractivity contribution is 5.93. The van der Waals surface area contributed by atoms with Gasteiger partial charge in [-0.15, -0.1) is 0 Å². The van der Waals surface area contributed by atoms with Crippen LogP contribution in [0.5, 0.6) is 0 Å². The first-order valence-corrected chi connectivity index (χ1v) is 7.03. The van der Waals surface area contributed by atoms with Crippen LogP contribution in [0.25, 0.3) is 0 Å². The van der Waals surface area contributed by atoms with Crippen LogP contribution < -0.4 is 10.2 Å². The van der Waals surface area contributed by atoms with Gasteiger partial charge in [-0.2, -0.15) is 0 Å². The van der Waals surface area contributed by atoms with Gasteiger partial charge >= 0.3 is 12.0 Å². The molecule has 0 radical (unpaired) electrons. The van der Waals surface area contributed by atoms with Gasteiger partial charge in [-0.05, 0) is 24.0 Å². The number of para-hydroxylation sites is 1. The monoisotopic (exact) mass is 292 g/mol. The van der Waals surface area contributed by atoms with E-state index in [4.69, 9.17) is 5.11 Å². The molecular weight excluding hydrogens is 272 g/mol. The number of benzene rings is 1. The molecule has 114 valence electrons. The van der Waals surface area contributed by atoms with Crippen LogP contribution in [0.3, 0.4) is 0 Å². The Hall–Kier alpha value is -2.08. The molecule has 21 heavy (non-hydrogen) atoms. The normalized spacial score (nSPS) is 18.8. The zero-order valence-corrected chi connectivity index (χ0v) is 12.0. The summed E-state index contributed by atoms with van der Waals surface area (Å²) in [5, 5.41) is 20.4. The van der Waals surface area contributed by atoms with Crippen molar-refractivity contribution in [2.45, 2.75) is 25.9 Å². The molecule has 1 unspecified atom stereocenters. The van der Waals surface area contributed by atoms with Crippen LogP contribution >= 0.6 is 0 Å². The summed E-state index contributed by atoms with van der Waals surface area (Å²) >= 11 is 0. The van der Waals surface area contributed by atoms with E-state index in [1.807, 2.05) is 24.3 Å². The zero-order valence-electron chi connectivity index (χ0n) is 12.0. The average molecular weight is 292 g/mol. The topological polar surface area (TPSA) is 89.9 Å². The Labute approximate surface area is 123 Å². The molecule has 2 atom stereocenters. The Kier molecular flexibility index (Phi) is 4.80. The lowest BCUT2D eigenvalue weighted by atomic mass is 9.94. The molecule has 0 saturated heterocycles. The number of carboxylic acids is 1. The molecule has 1 heterocycles. The third-order valence-corrected chi connectivity index (χ3v) is 3.57. The Morgan fingerprint density at radius 3 is 2.86 bits per heavy atom. The fourth-order valence-electron chi connectivity index (χ4n) is 2.52. The molecular formula is C15H20N2O4. The second-order valence-electron chi connectivity index (χ2n) is 5.42. The maximum atomic E-state index is 12.2. The summed E-state index contributed by atoms with van der Waals surface area (Å²) in [6, 6.07) is 7.51. The number of rotatable bonds is 4. The van der Waals surface area contributed by atoms with Crippen LogP contribution in [0.2, 0.25) is 0 Å². The molecule has 1 aliphatic rings. The smallest absolute Gasteiger partial charge is 0.332 e. The number of fused-ring (bicyclic) bond motifs is 1. The van der Waals surface area contributed by atoms with Gasteiger partial charge in [-0.3, -0.25) is 4.90 Å². The highest BCUT2D eigenvalue weighted by Crippen LogP contribution is 2.29. The highest BCUT2D eigenvalue weighted by atomic mass is 16.4. The molecule has 2 amide bonds. The molecule has 2 rings (SSSR count). The predicted octanol–water partition coefficient (Wildman–Crippen LogP) is 1.23. The van der Waals surface area contributed by atoms with Crippen molar-refractivity contribution in [2.75, 3.05) is 18.0 Å². The minimum Gasteiger partial charge on any atom is -0.479 e. The number of carbonyl (C=O) groups excluding carboxylic acids is 1. The standard InChI is InChI=1S/C15H20N2O4/c1-10-8-11-4-2-3-5-12(11)17(9-10)15(21)16-7-6-13(18)14(19)20/h2-5,10,13,18H,6-9H2,1H3,(H,16,21)(H,19,20)/t10?,13-/m0/s1. The number of aliphatic carboxylic acids is 1. The van der Waals surface area contributed by atoms with Gasteiger partial charge < -0.3 is 15.5 Å². The molecule has 6 nitrogen and oxygen atoms in total. The van der Waals surface area contributed by atoms with Gasteiger partial charge in [-0.1, -0.05) is 25.1 Å². The number of hydrogen-bond donors (Lipinski definition) is 3. The molecule has 1 aromatic carbocycles. The predicted molar refractivity (Wildman–Crippen MR) is 78.3 cm³/mol. The second kappa shape index (κ2) is 6.58. The van der Waals surface area contributed by atoms with Crippen LogP contribution in [0.15, 0.2) is 24.3 Å². The van der Waals surface area contributed by atoms with Crippen molar-refractivity contribution in [1.82, 2.24) is 5.32 Å². The summed E-state index contributed by atoms with van der Waals surface area (Å²) < 4.78 is 0. The fraction of sp³-hybridized carbons (Fsp3) is 0.467. The van der Waals surface area contributed by atoms with Crippen LogP contribution in [0.4, 0.5) is 10.5 Å². The molecule has 0 aliphatic carbocycles. The van der Waals surface area contributed by atoms with Crippen molar-refractivity contribution in [3.8, 4) is 0 Å². The number of hydrogen-bond acceptors (Lipinski definition) is 3. The first kappa shape index (κ1) is 15.3. The van der Waals surface area contributed by atoms with Crippen LogP contribution in [0, 0.1) is 5.92 Å². The SMILES string of the molecule is CC1Cc2ccccc2N(C(=O)NCC[C@H](O)C(=O)O)C1. The van der Waals surface area contributed by atoms with Crippen LogP contribution in [0.1, 0.15) is 18.9 Å². The minimum atomic E-state index is -1.45. The van der Waals surface area contributed by atoms with E-state index in [0.29, 0.717) is 12.5 Å². The summed E-state index contributed by atoms with van der Waals surface area (Å²) in [5.74, 6) is -0.906. The third kappa shape index (κ3) is 3.72. The van der Waals surface area contributed by atoms with Gasteiger partial charge in [0, 0.05) is 25.2 Å². The summed E-state index contributed by atoms with van der Waals surface area (Å²) in [7, 11) is 0. The van der Waals surface area contributed by atoms with Gasteiger partial charge in [0.2, 0.25) is 0 Å². The molecule has 0 aromatic heterocycles. The lowest BCUT2D eigenvalue weighted by Crippen LogP contribution is -2.46. The Morgan fingerprint density at radius 1 is 1.43 bits per heavy atom. The van der Waals surface area contributed by atoms with Crippen molar-refractivity contribution in [3.05, 3.63) is 29.8 Å². The molecule has 1 aliphatic heterocycles. The van der Waals surface area contributed by atoms with Gasteiger partial charge in [0.1, 0.15) is 0 Å².